The lowest BCUT2D eigenvalue weighted by molar-refractivity contribution is 0.282. The van der Waals surface area contributed by atoms with Gasteiger partial charge in [-0.15, -0.1) is 0 Å². The van der Waals surface area contributed by atoms with E-state index in [0.717, 1.165) is 44.3 Å². The smallest absolute Gasteiger partial charge is 0.257 e. The molecule has 1 heterocycles. The molecule has 1 aromatic heterocycles. The van der Waals surface area contributed by atoms with E-state index in [1.165, 1.54) is 25.3 Å². The molecule has 1 rings (SSSR count). The van der Waals surface area contributed by atoms with E-state index in [-0.39, 0.29) is 18.0 Å². The van der Waals surface area contributed by atoms with E-state index in [9.17, 15) is 9.90 Å². The molecule has 0 aliphatic carbocycles. The third-order valence-corrected chi connectivity index (χ3v) is 4.79. The van der Waals surface area contributed by atoms with Gasteiger partial charge in [0, 0.05) is 18.9 Å². The molecule has 5 nitrogen and oxygen atoms in total. The first-order valence-electron chi connectivity index (χ1n) is 8.73. The second kappa shape index (κ2) is 12.4. The summed E-state index contributed by atoms with van der Waals surface area (Å²) in [7, 11) is 0. The predicted octanol–water partition coefficient (Wildman–Crippen LogP) is 3.56. The van der Waals surface area contributed by atoms with E-state index in [1.807, 2.05) is 0 Å². The fourth-order valence-electron chi connectivity index (χ4n) is 2.39. The third kappa shape index (κ3) is 8.42. The zero-order valence-corrected chi connectivity index (χ0v) is 15.0. The van der Waals surface area contributed by atoms with E-state index in [1.54, 1.807) is 16.3 Å². The number of hydrogen-bond donors (Lipinski definition) is 2. The summed E-state index contributed by atoms with van der Waals surface area (Å²) in [5, 5.41) is 18.9. The van der Waals surface area contributed by atoms with Crippen molar-refractivity contribution in [2.45, 2.75) is 76.4 Å². The maximum atomic E-state index is 12.1. The lowest BCUT2D eigenvalue weighted by atomic mass is 10.1. The Morgan fingerprint density at radius 3 is 2.52 bits per heavy atom. The molecule has 0 saturated heterocycles. The second-order valence-electron chi connectivity index (χ2n) is 5.79. The number of aliphatic hydroxyl groups excluding tert-OH is 1. The van der Waals surface area contributed by atoms with Gasteiger partial charge in [0.15, 0.2) is 5.16 Å². The molecule has 2 N–H and O–H groups in total. The van der Waals surface area contributed by atoms with Crippen LogP contribution in [-0.4, -0.2) is 32.1 Å². The first kappa shape index (κ1) is 20.0. The Morgan fingerprint density at radius 1 is 1.09 bits per heavy atom. The lowest BCUT2D eigenvalue weighted by Gasteiger charge is -2.11. The van der Waals surface area contributed by atoms with E-state index < -0.39 is 0 Å². The van der Waals surface area contributed by atoms with E-state index in [2.05, 4.69) is 11.9 Å². The van der Waals surface area contributed by atoms with Gasteiger partial charge in [-0.05, 0) is 19.3 Å². The highest BCUT2D eigenvalue weighted by atomic mass is 32.2. The number of unbranched alkanes of at least 4 members (excludes halogenated alkanes) is 7. The van der Waals surface area contributed by atoms with Gasteiger partial charge in [-0.25, -0.2) is 0 Å². The molecule has 0 aliphatic rings. The van der Waals surface area contributed by atoms with E-state index in [0.29, 0.717) is 11.7 Å². The summed E-state index contributed by atoms with van der Waals surface area (Å²) in [5.74, 6) is 0.733. The minimum absolute atomic E-state index is 0.177. The Labute approximate surface area is 143 Å². The minimum atomic E-state index is -0.190. The SMILES string of the molecule is CCCCCCSc1nc(O)cc(=O)n1CCCCCCCO. The topological polar surface area (TPSA) is 75.4 Å². The van der Waals surface area contributed by atoms with Crippen LogP contribution in [0, 0.1) is 0 Å². The van der Waals surface area contributed by atoms with Crippen molar-refractivity contribution in [1.82, 2.24) is 9.55 Å². The summed E-state index contributed by atoms with van der Waals surface area (Å²) < 4.78 is 1.68. The zero-order valence-electron chi connectivity index (χ0n) is 14.2. The predicted molar refractivity (Wildman–Crippen MR) is 95.2 cm³/mol. The van der Waals surface area contributed by atoms with Gasteiger partial charge in [-0.3, -0.25) is 9.36 Å². The molecule has 132 valence electrons. The summed E-state index contributed by atoms with van der Waals surface area (Å²) in [6.45, 7) is 3.07. The molecule has 0 fully saturated rings. The standard InChI is InChI=1S/C17H30N2O3S/c1-2-3-4-10-13-23-17-18-15(21)14-16(22)19(17)11-8-6-5-7-9-12-20/h14,20-21H,2-13H2,1H3. The Balaban J connectivity index is 2.50. The van der Waals surface area contributed by atoms with Crippen molar-refractivity contribution in [2.24, 2.45) is 0 Å². The molecule has 0 bridgehead atoms. The molecule has 0 saturated carbocycles. The van der Waals surface area contributed by atoms with Gasteiger partial charge in [-0.1, -0.05) is 57.2 Å². The first-order chi connectivity index (χ1) is 11.2. The van der Waals surface area contributed by atoms with Crippen LogP contribution in [0.3, 0.4) is 0 Å². The van der Waals surface area contributed by atoms with Crippen molar-refractivity contribution in [2.75, 3.05) is 12.4 Å². The molecule has 0 amide bonds. The minimum Gasteiger partial charge on any atom is -0.493 e. The van der Waals surface area contributed by atoms with Gasteiger partial charge in [0.25, 0.3) is 5.56 Å². The van der Waals surface area contributed by atoms with Crippen molar-refractivity contribution in [3.05, 3.63) is 16.4 Å². The monoisotopic (exact) mass is 342 g/mol. The van der Waals surface area contributed by atoms with Crippen LogP contribution in [0.1, 0.15) is 64.7 Å². The van der Waals surface area contributed by atoms with Crippen molar-refractivity contribution in [3.8, 4) is 5.88 Å². The maximum Gasteiger partial charge on any atom is 0.257 e. The Morgan fingerprint density at radius 2 is 1.78 bits per heavy atom. The van der Waals surface area contributed by atoms with Crippen LogP contribution in [0.25, 0.3) is 0 Å². The zero-order chi connectivity index (χ0) is 16.9. The first-order valence-corrected chi connectivity index (χ1v) is 9.72. The number of aromatic hydroxyl groups is 1. The number of aromatic nitrogens is 2. The molecule has 23 heavy (non-hydrogen) atoms. The Hall–Kier alpha value is -1.01. The van der Waals surface area contributed by atoms with Gasteiger partial charge in [-0.2, -0.15) is 4.98 Å². The lowest BCUT2D eigenvalue weighted by Crippen LogP contribution is -2.22. The quantitative estimate of drug-likeness (QED) is 0.326. The summed E-state index contributed by atoms with van der Waals surface area (Å²) in [5.41, 5.74) is -0.177. The van der Waals surface area contributed by atoms with Crippen LogP contribution in [-0.2, 0) is 6.54 Å². The van der Waals surface area contributed by atoms with E-state index >= 15 is 0 Å². The molecule has 6 heteroatoms. The van der Waals surface area contributed by atoms with Gasteiger partial charge >= 0.3 is 0 Å². The van der Waals surface area contributed by atoms with Crippen molar-refractivity contribution >= 4 is 11.8 Å². The molecule has 0 radical (unpaired) electrons. The van der Waals surface area contributed by atoms with Crippen LogP contribution in [0.4, 0.5) is 0 Å². The second-order valence-corrected chi connectivity index (χ2v) is 6.85. The van der Waals surface area contributed by atoms with Crippen LogP contribution in [0.2, 0.25) is 0 Å². The van der Waals surface area contributed by atoms with Crippen molar-refractivity contribution in [1.29, 1.82) is 0 Å². The van der Waals surface area contributed by atoms with Gasteiger partial charge in [0.1, 0.15) is 0 Å². The van der Waals surface area contributed by atoms with Gasteiger partial charge in [0.2, 0.25) is 5.88 Å². The van der Waals surface area contributed by atoms with Crippen molar-refractivity contribution < 1.29 is 10.2 Å². The van der Waals surface area contributed by atoms with Crippen LogP contribution >= 0.6 is 11.8 Å². The molecule has 0 unspecified atom stereocenters. The number of nitrogens with zero attached hydrogens (tertiary/aromatic N) is 2. The highest BCUT2D eigenvalue weighted by Crippen LogP contribution is 2.19. The number of rotatable bonds is 13. The summed E-state index contributed by atoms with van der Waals surface area (Å²) in [4.78, 5) is 16.2. The number of thioether (sulfide) groups is 1. The molecular weight excluding hydrogens is 312 g/mol. The Bertz CT molecular complexity index is 491. The maximum absolute atomic E-state index is 12.1. The summed E-state index contributed by atoms with van der Waals surface area (Å²) >= 11 is 1.56. The molecule has 0 aromatic carbocycles. The molecule has 0 aliphatic heterocycles. The fraction of sp³-hybridized carbons (Fsp3) is 0.765. The molecule has 1 aromatic rings. The van der Waals surface area contributed by atoms with E-state index in [4.69, 9.17) is 5.11 Å². The summed E-state index contributed by atoms with van der Waals surface area (Å²) in [6.07, 6.45) is 9.63. The largest absolute Gasteiger partial charge is 0.493 e. The highest BCUT2D eigenvalue weighted by Gasteiger charge is 2.09. The fourth-order valence-corrected chi connectivity index (χ4v) is 3.42. The average molecular weight is 343 g/mol. The number of aliphatic hydroxyl groups is 1. The molecular formula is C17H30N2O3S. The third-order valence-electron chi connectivity index (χ3n) is 3.73. The molecule has 0 spiro atoms. The van der Waals surface area contributed by atoms with Crippen LogP contribution < -0.4 is 5.56 Å². The average Bonchev–Trinajstić information content (AvgIpc) is 2.52. The Kier molecular flexibility index (Phi) is 10.8. The van der Waals surface area contributed by atoms with Gasteiger partial charge in [0.05, 0.1) is 6.07 Å². The highest BCUT2D eigenvalue weighted by molar-refractivity contribution is 7.99. The van der Waals surface area contributed by atoms with Crippen LogP contribution in [0.5, 0.6) is 5.88 Å². The van der Waals surface area contributed by atoms with Crippen LogP contribution in [0.15, 0.2) is 16.0 Å². The van der Waals surface area contributed by atoms with Crippen molar-refractivity contribution in [3.63, 3.8) is 0 Å². The normalized spacial score (nSPS) is 11.0. The number of hydrogen-bond acceptors (Lipinski definition) is 5. The van der Waals surface area contributed by atoms with Gasteiger partial charge < -0.3 is 10.2 Å². The summed E-state index contributed by atoms with van der Waals surface area (Å²) in [6, 6.07) is 1.19. The molecule has 0 atom stereocenters.